The van der Waals surface area contributed by atoms with E-state index in [1.165, 1.54) is 36.8 Å². The lowest BCUT2D eigenvalue weighted by Crippen LogP contribution is -2.36. The van der Waals surface area contributed by atoms with Crippen molar-refractivity contribution in [1.29, 1.82) is 0 Å². The van der Waals surface area contributed by atoms with Crippen LogP contribution in [0, 0.1) is 0 Å². The van der Waals surface area contributed by atoms with E-state index in [1.54, 1.807) is 11.3 Å². The van der Waals surface area contributed by atoms with Gasteiger partial charge in [-0.3, -0.25) is 0 Å². The molecule has 0 unspecified atom stereocenters. The van der Waals surface area contributed by atoms with Gasteiger partial charge in [0.25, 0.3) is 0 Å². The molecule has 1 aromatic heterocycles. The van der Waals surface area contributed by atoms with Crippen molar-refractivity contribution in [3.63, 3.8) is 0 Å². The molecule has 0 radical (unpaired) electrons. The zero-order chi connectivity index (χ0) is 19.6. The summed E-state index contributed by atoms with van der Waals surface area (Å²) in [6.45, 7) is 6.31. The van der Waals surface area contributed by atoms with Crippen LogP contribution < -0.4 is 5.32 Å². The van der Waals surface area contributed by atoms with Gasteiger partial charge in [0.05, 0.1) is 12.7 Å². The van der Waals surface area contributed by atoms with Gasteiger partial charge >= 0.3 is 5.97 Å². The predicted molar refractivity (Wildman–Crippen MR) is 119 cm³/mol. The fourth-order valence-corrected chi connectivity index (χ4v) is 5.14. The number of aryl methyl sites for hydroxylation is 1. The first kappa shape index (κ1) is 22.2. The molecule has 6 heteroatoms. The summed E-state index contributed by atoms with van der Waals surface area (Å²) in [6, 6.07) is 0. The molecule has 0 fully saturated rings. The molecule has 1 aliphatic carbocycles. The number of thiocarbonyl (C=S) groups is 1. The highest BCUT2D eigenvalue weighted by atomic mass is 32.1. The van der Waals surface area contributed by atoms with Crippen molar-refractivity contribution in [2.24, 2.45) is 0 Å². The van der Waals surface area contributed by atoms with Crippen LogP contribution in [0.2, 0.25) is 0 Å². The van der Waals surface area contributed by atoms with Gasteiger partial charge in [-0.05, 0) is 56.3 Å². The van der Waals surface area contributed by atoms with Gasteiger partial charge in [0.15, 0.2) is 5.11 Å². The summed E-state index contributed by atoms with van der Waals surface area (Å²) in [6.07, 6.45) is 11.4. The van der Waals surface area contributed by atoms with Gasteiger partial charge in [0, 0.05) is 18.0 Å². The Labute approximate surface area is 173 Å². The Balaban J connectivity index is 2.25. The van der Waals surface area contributed by atoms with Crippen molar-refractivity contribution < 1.29 is 9.53 Å². The summed E-state index contributed by atoms with van der Waals surface area (Å²) in [5, 5.41) is 5.02. The third-order valence-corrected chi connectivity index (χ3v) is 6.70. The van der Waals surface area contributed by atoms with E-state index in [1.807, 2.05) is 0 Å². The number of carbonyl (C=O) groups excluding carboxylic acids is 1. The molecule has 1 aliphatic rings. The Morgan fingerprint density at radius 1 is 1.11 bits per heavy atom. The number of hydrogen-bond acceptors (Lipinski definition) is 4. The highest BCUT2D eigenvalue weighted by Gasteiger charge is 2.26. The molecule has 1 aromatic rings. The maximum Gasteiger partial charge on any atom is 0.341 e. The average Bonchev–Trinajstić information content (AvgIpc) is 2.97. The molecule has 0 bridgehead atoms. The zero-order valence-electron chi connectivity index (χ0n) is 17.1. The standard InChI is InChI=1S/C21H34N2O2S2/c1-4-6-14-23(15-7-5-2)21(26)22-19-18(20(24)25-3)16-12-10-8-9-11-13-17(16)27-19/h4-15H2,1-3H3,(H,22,26). The summed E-state index contributed by atoms with van der Waals surface area (Å²) in [7, 11) is 1.46. The minimum Gasteiger partial charge on any atom is -0.465 e. The van der Waals surface area contributed by atoms with E-state index in [9.17, 15) is 4.79 Å². The first-order valence-electron chi connectivity index (χ1n) is 10.4. The van der Waals surface area contributed by atoms with Crippen LogP contribution in [0.5, 0.6) is 0 Å². The van der Waals surface area contributed by atoms with Gasteiger partial charge in [-0.2, -0.15) is 0 Å². The smallest absolute Gasteiger partial charge is 0.341 e. The summed E-state index contributed by atoms with van der Waals surface area (Å²) in [5.41, 5.74) is 1.90. The van der Waals surface area contributed by atoms with E-state index >= 15 is 0 Å². The minimum absolute atomic E-state index is 0.243. The fraction of sp³-hybridized carbons (Fsp3) is 0.714. The molecule has 0 saturated carbocycles. The quantitative estimate of drug-likeness (QED) is 0.434. The molecular weight excluding hydrogens is 376 g/mol. The number of fused-ring (bicyclic) bond motifs is 1. The number of anilines is 1. The molecule has 0 amide bonds. The number of unbranched alkanes of at least 4 members (excludes halogenated alkanes) is 2. The average molecular weight is 411 g/mol. The molecule has 0 aromatic carbocycles. The fourth-order valence-electron chi connectivity index (χ4n) is 3.51. The first-order chi connectivity index (χ1) is 13.1. The molecule has 0 spiro atoms. The Morgan fingerprint density at radius 3 is 2.33 bits per heavy atom. The maximum absolute atomic E-state index is 12.5. The molecule has 0 aliphatic heterocycles. The monoisotopic (exact) mass is 410 g/mol. The normalized spacial score (nSPS) is 14.0. The Morgan fingerprint density at radius 2 is 1.74 bits per heavy atom. The number of nitrogens with one attached hydrogen (secondary N) is 1. The Hall–Kier alpha value is -1.14. The van der Waals surface area contributed by atoms with Crippen LogP contribution in [0.1, 0.15) is 86.0 Å². The SMILES string of the molecule is CCCCN(CCCC)C(=S)Nc1sc2c(c1C(=O)OC)CCCCCC2. The van der Waals surface area contributed by atoms with E-state index in [0.717, 1.165) is 68.1 Å². The minimum atomic E-state index is -0.243. The second-order valence-electron chi connectivity index (χ2n) is 7.24. The van der Waals surface area contributed by atoms with Crippen LogP contribution in [0.15, 0.2) is 0 Å². The van der Waals surface area contributed by atoms with E-state index in [-0.39, 0.29) is 5.97 Å². The van der Waals surface area contributed by atoms with Crippen molar-refractivity contribution in [3.05, 3.63) is 16.0 Å². The number of hydrogen-bond donors (Lipinski definition) is 1. The third kappa shape index (κ3) is 6.18. The van der Waals surface area contributed by atoms with Crippen molar-refractivity contribution in [2.45, 2.75) is 78.1 Å². The number of nitrogens with zero attached hydrogens (tertiary/aromatic N) is 1. The van der Waals surface area contributed by atoms with Crippen LogP contribution in [0.4, 0.5) is 5.00 Å². The van der Waals surface area contributed by atoms with E-state index in [2.05, 4.69) is 24.1 Å². The van der Waals surface area contributed by atoms with E-state index < -0.39 is 0 Å². The molecule has 27 heavy (non-hydrogen) atoms. The van der Waals surface area contributed by atoms with Crippen LogP contribution in [-0.4, -0.2) is 36.2 Å². The molecular formula is C21H34N2O2S2. The molecule has 152 valence electrons. The van der Waals surface area contributed by atoms with Gasteiger partial charge in [0.1, 0.15) is 5.00 Å². The van der Waals surface area contributed by atoms with E-state index in [4.69, 9.17) is 17.0 Å². The van der Waals surface area contributed by atoms with Gasteiger partial charge in [0.2, 0.25) is 0 Å². The summed E-state index contributed by atoms with van der Waals surface area (Å²) in [5.74, 6) is -0.243. The van der Waals surface area contributed by atoms with Crippen LogP contribution >= 0.6 is 23.6 Å². The summed E-state index contributed by atoms with van der Waals surface area (Å²) >= 11 is 7.43. The maximum atomic E-state index is 12.5. The molecule has 0 atom stereocenters. The summed E-state index contributed by atoms with van der Waals surface area (Å²) < 4.78 is 5.12. The summed E-state index contributed by atoms with van der Waals surface area (Å²) in [4.78, 5) is 16.1. The van der Waals surface area contributed by atoms with Crippen molar-refractivity contribution in [2.75, 3.05) is 25.5 Å². The number of esters is 1. The highest BCUT2D eigenvalue weighted by molar-refractivity contribution is 7.80. The molecule has 4 nitrogen and oxygen atoms in total. The largest absolute Gasteiger partial charge is 0.465 e. The van der Waals surface area contributed by atoms with Crippen molar-refractivity contribution >= 4 is 39.6 Å². The Kier molecular flexibility index (Phi) is 9.56. The third-order valence-electron chi connectivity index (χ3n) is 5.13. The van der Waals surface area contributed by atoms with Gasteiger partial charge in [-0.25, -0.2) is 4.79 Å². The molecule has 0 saturated heterocycles. The van der Waals surface area contributed by atoms with Crippen LogP contribution in [-0.2, 0) is 17.6 Å². The predicted octanol–water partition coefficient (Wildman–Crippen LogP) is 5.79. The lowest BCUT2D eigenvalue weighted by molar-refractivity contribution is 0.0601. The van der Waals surface area contributed by atoms with Crippen LogP contribution in [0.25, 0.3) is 0 Å². The van der Waals surface area contributed by atoms with Gasteiger partial charge in [-0.15, -0.1) is 11.3 Å². The van der Waals surface area contributed by atoms with Crippen molar-refractivity contribution in [3.8, 4) is 0 Å². The number of thiophene rings is 1. The second kappa shape index (κ2) is 11.6. The number of ether oxygens (including phenoxy) is 1. The molecule has 1 heterocycles. The first-order valence-corrected chi connectivity index (χ1v) is 11.6. The second-order valence-corrected chi connectivity index (χ2v) is 8.73. The van der Waals surface area contributed by atoms with Crippen molar-refractivity contribution in [1.82, 2.24) is 4.90 Å². The zero-order valence-corrected chi connectivity index (χ0v) is 18.7. The van der Waals surface area contributed by atoms with E-state index in [0.29, 0.717) is 5.56 Å². The van der Waals surface area contributed by atoms with Gasteiger partial charge < -0.3 is 15.0 Å². The highest BCUT2D eigenvalue weighted by Crippen LogP contribution is 2.37. The molecule has 2 rings (SSSR count). The number of rotatable bonds is 8. The lowest BCUT2D eigenvalue weighted by atomic mass is 9.96. The number of methoxy groups -OCH3 is 1. The lowest BCUT2D eigenvalue weighted by Gasteiger charge is -2.25. The topological polar surface area (TPSA) is 41.6 Å². The number of carbonyl (C=O) groups is 1. The molecule has 1 N–H and O–H groups in total. The van der Waals surface area contributed by atoms with Gasteiger partial charge in [-0.1, -0.05) is 39.5 Å². The van der Waals surface area contributed by atoms with Crippen LogP contribution in [0.3, 0.4) is 0 Å². The Bertz CT molecular complexity index is 620.